The van der Waals surface area contributed by atoms with E-state index in [0.717, 1.165) is 56.1 Å². The molecule has 2 aromatic carbocycles. The Morgan fingerprint density at radius 2 is 1.69 bits per heavy atom. The van der Waals surface area contributed by atoms with E-state index in [4.69, 9.17) is 4.74 Å². The summed E-state index contributed by atoms with van der Waals surface area (Å²) in [4.78, 5) is 9.14. The summed E-state index contributed by atoms with van der Waals surface area (Å²) in [6, 6.07) is 13.4. The normalized spacial score (nSPS) is 14.6. The molecule has 0 aromatic heterocycles. The highest BCUT2D eigenvalue weighted by atomic mass is 127. The van der Waals surface area contributed by atoms with Gasteiger partial charge in [0.2, 0.25) is 0 Å². The first kappa shape index (κ1) is 26.2. The van der Waals surface area contributed by atoms with Crippen LogP contribution in [-0.2, 0) is 13.1 Å². The van der Waals surface area contributed by atoms with Gasteiger partial charge in [-0.05, 0) is 48.9 Å². The lowest BCUT2D eigenvalue weighted by atomic mass is 10.1. The number of likely N-dealkylation sites (N-methyl/N-ethyl adjacent to an activating group) is 1. The van der Waals surface area contributed by atoms with Crippen LogP contribution in [0.1, 0.15) is 25.0 Å². The van der Waals surface area contributed by atoms with Gasteiger partial charge in [0.25, 0.3) is 0 Å². The quantitative estimate of drug-likeness (QED) is 0.295. The van der Waals surface area contributed by atoms with Crippen molar-refractivity contribution in [3.63, 3.8) is 0 Å². The van der Waals surface area contributed by atoms with Crippen molar-refractivity contribution in [1.82, 2.24) is 15.5 Å². The first-order chi connectivity index (χ1) is 15.1. The van der Waals surface area contributed by atoms with Crippen molar-refractivity contribution < 1.29 is 9.13 Å². The van der Waals surface area contributed by atoms with Gasteiger partial charge in [0.15, 0.2) is 5.96 Å². The lowest BCUT2D eigenvalue weighted by Gasteiger charge is -2.35. The van der Waals surface area contributed by atoms with Crippen LogP contribution >= 0.6 is 24.0 Å². The number of ether oxygens (including phenoxy) is 1. The third kappa shape index (κ3) is 7.51. The zero-order chi connectivity index (χ0) is 22.1. The van der Waals surface area contributed by atoms with Crippen molar-refractivity contribution in [2.24, 2.45) is 4.99 Å². The highest BCUT2D eigenvalue weighted by molar-refractivity contribution is 14.0. The van der Waals surface area contributed by atoms with E-state index < -0.39 is 0 Å². The van der Waals surface area contributed by atoms with Crippen LogP contribution in [0, 0.1) is 5.82 Å². The lowest BCUT2D eigenvalue weighted by molar-refractivity contribution is 0.270. The largest absolute Gasteiger partial charge is 0.497 e. The van der Waals surface area contributed by atoms with Crippen molar-refractivity contribution in [1.29, 1.82) is 0 Å². The lowest BCUT2D eigenvalue weighted by Crippen LogP contribution is -2.46. The van der Waals surface area contributed by atoms with Gasteiger partial charge in [0, 0.05) is 39.3 Å². The van der Waals surface area contributed by atoms with Crippen LogP contribution in [0.2, 0.25) is 0 Å². The Labute approximate surface area is 208 Å². The molecule has 176 valence electrons. The van der Waals surface area contributed by atoms with Crippen LogP contribution in [-0.4, -0.2) is 57.2 Å². The van der Waals surface area contributed by atoms with E-state index in [0.29, 0.717) is 24.7 Å². The predicted molar refractivity (Wildman–Crippen MR) is 141 cm³/mol. The molecule has 0 atom stereocenters. The molecule has 1 heterocycles. The zero-order valence-electron chi connectivity index (χ0n) is 19.2. The van der Waals surface area contributed by atoms with Gasteiger partial charge in [-0.3, -0.25) is 0 Å². The maximum atomic E-state index is 14.8. The minimum atomic E-state index is -0.172. The number of nitrogens with zero attached hydrogens (tertiary/aromatic N) is 3. The molecule has 2 aromatic rings. The van der Waals surface area contributed by atoms with Crippen LogP contribution in [0.5, 0.6) is 5.75 Å². The molecule has 8 heteroatoms. The fourth-order valence-electron chi connectivity index (χ4n) is 3.65. The molecule has 32 heavy (non-hydrogen) atoms. The highest BCUT2D eigenvalue weighted by Crippen LogP contribution is 2.22. The van der Waals surface area contributed by atoms with Crippen molar-refractivity contribution in [2.75, 3.05) is 51.3 Å². The maximum absolute atomic E-state index is 14.8. The summed E-state index contributed by atoms with van der Waals surface area (Å²) in [5, 5.41) is 6.56. The Hall–Kier alpha value is -2.07. The zero-order valence-corrected chi connectivity index (χ0v) is 21.6. The molecule has 0 amide bonds. The number of benzene rings is 2. The minimum absolute atomic E-state index is 0. The molecule has 0 spiro atoms. The van der Waals surface area contributed by atoms with Crippen molar-refractivity contribution in [3.8, 4) is 5.75 Å². The summed E-state index contributed by atoms with van der Waals surface area (Å²) >= 11 is 0. The number of anilines is 1. The minimum Gasteiger partial charge on any atom is -0.497 e. The Morgan fingerprint density at radius 1 is 1.00 bits per heavy atom. The van der Waals surface area contributed by atoms with Gasteiger partial charge in [-0.1, -0.05) is 25.1 Å². The smallest absolute Gasteiger partial charge is 0.191 e. The molecule has 0 aliphatic carbocycles. The molecule has 0 unspecified atom stereocenters. The third-order valence-corrected chi connectivity index (χ3v) is 5.56. The van der Waals surface area contributed by atoms with E-state index >= 15 is 0 Å². The number of aliphatic imine (C=N–C) groups is 1. The maximum Gasteiger partial charge on any atom is 0.191 e. The predicted octanol–water partition coefficient (Wildman–Crippen LogP) is 3.85. The number of halogens is 2. The topological polar surface area (TPSA) is 52.1 Å². The van der Waals surface area contributed by atoms with E-state index in [2.05, 4.69) is 32.3 Å². The molecular formula is C24H35FIN5O. The van der Waals surface area contributed by atoms with E-state index in [9.17, 15) is 4.39 Å². The first-order valence-electron chi connectivity index (χ1n) is 11.0. The molecule has 2 N–H and O–H groups in total. The standard InChI is InChI=1S/C24H34FN5O.HI/c1-4-26-24(27-17-19-6-9-21(31-3)10-7-19)28-18-20-8-11-23(22(25)16-20)30-14-12-29(5-2)13-15-30;/h6-11,16H,4-5,12-15,17-18H2,1-3H3,(H2,26,27,28);1H. The summed E-state index contributed by atoms with van der Waals surface area (Å²) < 4.78 is 20.0. The number of nitrogens with one attached hydrogen (secondary N) is 2. The molecule has 0 saturated carbocycles. The van der Waals surface area contributed by atoms with Crippen molar-refractivity contribution >= 4 is 35.6 Å². The Kier molecular flexibility index (Phi) is 11.0. The van der Waals surface area contributed by atoms with Crippen LogP contribution < -0.4 is 20.3 Å². The molecule has 0 bridgehead atoms. The number of guanidine groups is 1. The number of methoxy groups -OCH3 is 1. The fraction of sp³-hybridized carbons (Fsp3) is 0.458. The van der Waals surface area contributed by atoms with Gasteiger partial charge < -0.3 is 25.2 Å². The van der Waals surface area contributed by atoms with Crippen LogP contribution in [0.3, 0.4) is 0 Å². The van der Waals surface area contributed by atoms with Crippen molar-refractivity contribution in [3.05, 3.63) is 59.4 Å². The summed E-state index contributed by atoms with van der Waals surface area (Å²) in [5.41, 5.74) is 2.67. The van der Waals surface area contributed by atoms with Crippen molar-refractivity contribution in [2.45, 2.75) is 26.9 Å². The number of hydrogen-bond acceptors (Lipinski definition) is 4. The SMILES string of the molecule is CCNC(=NCc1ccc(N2CCN(CC)CC2)c(F)c1)NCc1ccc(OC)cc1.I. The monoisotopic (exact) mass is 555 g/mol. The van der Waals surface area contributed by atoms with Crippen LogP contribution in [0.4, 0.5) is 10.1 Å². The van der Waals surface area contributed by atoms with Gasteiger partial charge in [-0.25, -0.2) is 9.38 Å². The molecule has 6 nitrogen and oxygen atoms in total. The Bertz CT molecular complexity index is 854. The second kappa shape index (κ2) is 13.5. The average Bonchev–Trinajstić information content (AvgIpc) is 2.81. The Morgan fingerprint density at radius 3 is 2.28 bits per heavy atom. The van der Waals surface area contributed by atoms with E-state index in [1.54, 1.807) is 13.2 Å². The molecule has 1 aliphatic rings. The third-order valence-electron chi connectivity index (χ3n) is 5.56. The van der Waals surface area contributed by atoms with Crippen LogP contribution in [0.15, 0.2) is 47.5 Å². The van der Waals surface area contributed by atoms with Gasteiger partial charge in [0.1, 0.15) is 11.6 Å². The molecule has 1 aliphatic heterocycles. The molecule has 1 saturated heterocycles. The summed E-state index contributed by atoms with van der Waals surface area (Å²) in [6.07, 6.45) is 0. The molecule has 1 fully saturated rings. The van der Waals surface area contributed by atoms with Crippen LogP contribution in [0.25, 0.3) is 0 Å². The van der Waals surface area contributed by atoms with Gasteiger partial charge >= 0.3 is 0 Å². The number of rotatable bonds is 8. The number of piperazine rings is 1. The summed E-state index contributed by atoms with van der Waals surface area (Å²) in [5.74, 6) is 1.37. The summed E-state index contributed by atoms with van der Waals surface area (Å²) in [7, 11) is 1.66. The molecule has 3 rings (SSSR count). The second-order valence-corrected chi connectivity index (χ2v) is 7.60. The Balaban J connectivity index is 0.00000363. The fourth-order valence-corrected chi connectivity index (χ4v) is 3.65. The average molecular weight is 555 g/mol. The summed E-state index contributed by atoms with van der Waals surface area (Å²) in [6.45, 7) is 10.7. The van der Waals surface area contributed by atoms with Gasteiger partial charge in [-0.2, -0.15) is 0 Å². The first-order valence-corrected chi connectivity index (χ1v) is 11.0. The van der Waals surface area contributed by atoms with Gasteiger partial charge in [-0.15, -0.1) is 24.0 Å². The highest BCUT2D eigenvalue weighted by Gasteiger charge is 2.18. The van der Waals surface area contributed by atoms with Gasteiger partial charge in [0.05, 0.1) is 19.3 Å². The van der Waals surface area contributed by atoms with E-state index in [1.807, 2.05) is 43.3 Å². The second-order valence-electron chi connectivity index (χ2n) is 7.60. The van der Waals surface area contributed by atoms with E-state index in [1.165, 1.54) is 0 Å². The molecular weight excluding hydrogens is 520 g/mol. The number of hydrogen-bond donors (Lipinski definition) is 2. The van der Waals surface area contributed by atoms with E-state index in [-0.39, 0.29) is 29.8 Å². The molecule has 0 radical (unpaired) electrons.